The number of pyridine rings is 1. The van der Waals surface area contributed by atoms with Gasteiger partial charge < -0.3 is 15.9 Å². The Balaban J connectivity index is 1.67. The van der Waals surface area contributed by atoms with Crippen LogP contribution in [0.15, 0.2) is 47.8 Å². The zero-order chi connectivity index (χ0) is 20.1. The number of halogens is 1. The van der Waals surface area contributed by atoms with Crippen LogP contribution in [-0.4, -0.2) is 37.6 Å². The Hall–Kier alpha value is -2.78. The molecular weight excluding hydrogens is 400 g/mol. The van der Waals surface area contributed by atoms with Gasteiger partial charge in [-0.3, -0.25) is 4.79 Å². The maximum absolute atomic E-state index is 12.4. The van der Waals surface area contributed by atoms with Crippen LogP contribution in [-0.2, 0) is 4.79 Å². The van der Waals surface area contributed by atoms with Crippen LogP contribution in [0.2, 0.25) is 5.02 Å². The third-order valence-corrected chi connectivity index (χ3v) is 5.00. The first-order valence-electron chi connectivity index (χ1n) is 8.50. The lowest BCUT2D eigenvalue weighted by molar-refractivity contribution is -0.115. The maximum Gasteiger partial charge on any atom is 0.238 e. The number of nitrogen functional groups attached to an aromatic ring is 1. The Labute approximate surface area is 171 Å². The van der Waals surface area contributed by atoms with Gasteiger partial charge in [-0.15, -0.1) is 10.2 Å². The fourth-order valence-electron chi connectivity index (χ4n) is 2.31. The largest absolute Gasteiger partial charge is 0.494 e. The monoisotopic (exact) mass is 418 g/mol. The zero-order valence-electron chi connectivity index (χ0n) is 15.3. The van der Waals surface area contributed by atoms with E-state index in [9.17, 15) is 4.79 Å². The van der Waals surface area contributed by atoms with E-state index >= 15 is 0 Å². The van der Waals surface area contributed by atoms with Gasteiger partial charge in [-0.05, 0) is 50.2 Å². The maximum atomic E-state index is 12.4. The van der Waals surface area contributed by atoms with E-state index in [-0.39, 0.29) is 5.91 Å². The number of hydrogen-bond acceptors (Lipinski definition) is 7. The molecule has 2 heterocycles. The summed E-state index contributed by atoms with van der Waals surface area (Å²) in [7, 11) is 0. The molecule has 0 saturated heterocycles. The van der Waals surface area contributed by atoms with Crippen LogP contribution in [0.1, 0.15) is 13.8 Å². The van der Waals surface area contributed by atoms with Crippen molar-refractivity contribution in [2.75, 3.05) is 17.8 Å². The normalized spacial score (nSPS) is 11.8. The fraction of sp³-hybridized carbons (Fsp3) is 0.222. The van der Waals surface area contributed by atoms with E-state index in [0.29, 0.717) is 28.4 Å². The highest BCUT2D eigenvalue weighted by Crippen LogP contribution is 2.26. The summed E-state index contributed by atoms with van der Waals surface area (Å²) in [5.41, 5.74) is 0.799. The number of benzene rings is 1. The van der Waals surface area contributed by atoms with Crippen molar-refractivity contribution in [2.24, 2.45) is 0 Å². The quantitative estimate of drug-likeness (QED) is 0.448. The molecule has 3 N–H and O–H groups in total. The van der Waals surface area contributed by atoms with Gasteiger partial charge in [-0.1, -0.05) is 23.4 Å². The molecule has 0 aliphatic rings. The second kappa shape index (κ2) is 8.94. The first kappa shape index (κ1) is 20.0. The minimum Gasteiger partial charge on any atom is -0.494 e. The van der Waals surface area contributed by atoms with Gasteiger partial charge in [0, 0.05) is 11.8 Å². The third kappa shape index (κ3) is 4.73. The summed E-state index contributed by atoms with van der Waals surface area (Å²) in [5.74, 6) is 7.59. The van der Waals surface area contributed by atoms with E-state index in [4.69, 9.17) is 22.2 Å². The molecule has 0 saturated carbocycles. The standard InChI is InChI=1S/C18H19ClN6O2S/c1-3-27-14-7-4-12(5-8-14)16-23-24-18(25(16)20)28-11(2)17(26)22-15-9-6-13(19)10-21-15/h4-11H,3,20H2,1-2H3,(H,21,22,26)/t11-/m1/s1. The van der Waals surface area contributed by atoms with Crippen molar-refractivity contribution in [1.29, 1.82) is 0 Å². The van der Waals surface area contributed by atoms with Crippen LogP contribution in [0, 0.1) is 0 Å². The van der Waals surface area contributed by atoms with E-state index in [1.165, 1.54) is 22.6 Å². The Morgan fingerprint density at radius 1 is 1.29 bits per heavy atom. The molecule has 0 aliphatic heterocycles. The van der Waals surface area contributed by atoms with Crippen LogP contribution in [0.25, 0.3) is 11.4 Å². The van der Waals surface area contributed by atoms with Crippen LogP contribution < -0.4 is 15.9 Å². The van der Waals surface area contributed by atoms with Crippen molar-refractivity contribution in [3.8, 4) is 17.1 Å². The minimum absolute atomic E-state index is 0.231. The number of nitrogens with one attached hydrogen (secondary N) is 1. The number of amides is 1. The van der Waals surface area contributed by atoms with E-state index in [2.05, 4.69) is 20.5 Å². The molecule has 1 aromatic carbocycles. The number of ether oxygens (including phenoxy) is 1. The summed E-state index contributed by atoms with van der Waals surface area (Å²) in [5, 5.41) is 11.4. The SMILES string of the molecule is CCOc1ccc(-c2nnc(S[C@H](C)C(=O)Nc3ccc(Cl)cn3)n2N)cc1. The van der Waals surface area contributed by atoms with Crippen molar-refractivity contribution < 1.29 is 9.53 Å². The first-order chi connectivity index (χ1) is 13.5. The molecule has 3 aromatic rings. The Morgan fingerprint density at radius 3 is 2.68 bits per heavy atom. The summed E-state index contributed by atoms with van der Waals surface area (Å²) in [6, 6.07) is 10.7. The number of nitrogens with zero attached hydrogens (tertiary/aromatic N) is 4. The Kier molecular flexibility index (Phi) is 6.37. The van der Waals surface area contributed by atoms with Crippen LogP contribution >= 0.6 is 23.4 Å². The lowest BCUT2D eigenvalue weighted by atomic mass is 10.2. The predicted octanol–water partition coefficient (Wildman–Crippen LogP) is 3.23. The van der Waals surface area contributed by atoms with Crippen molar-refractivity contribution in [3.05, 3.63) is 47.6 Å². The zero-order valence-corrected chi connectivity index (χ0v) is 16.9. The molecule has 0 aliphatic carbocycles. The van der Waals surface area contributed by atoms with Gasteiger partial charge in [-0.25, -0.2) is 9.66 Å². The number of carbonyl (C=O) groups is 1. The Morgan fingerprint density at radius 2 is 2.04 bits per heavy atom. The fourth-order valence-corrected chi connectivity index (χ4v) is 3.19. The van der Waals surface area contributed by atoms with Gasteiger partial charge in [-0.2, -0.15) is 0 Å². The molecule has 2 aromatic heterocycles. The Bertz CT molecular complexity index is 946. The molecule has 0 radical (unpaired) electrons. The van der Waals surface area contributed by atoms with Gasteiger partial charge in [0.05, 0.1) is 16.9 Å². The van der Waals surface area contributed by atoms with Gasteiger partial charge >= 0.3 is 0 Å². The molecule has 28 heavy (non-hydrogen) atoms. The second-order valence-corrected chi connectivity index (χ2v) is 7.49. The van der Waals surface area contributed by atoms with Crippen LogP contribution in [0.5, 0.6) is 5.75 Å². The summed E-state index contributed by atoms with van der Waals surface area (Å²) in [6.07, 6.45) is 1.47. The summed E-state index contributed by atoms with van der Waals surface area (Å²) in [4.78, 5) is 16.4. The molecule has 1 atom stereocenters. The number of nitrogens with two attached hydrogens (primary N) is 1. The summed E-state index contributed by atoms with van der Waals surface area (Å²) >= 11 is 7.00. The highest BCUT2D eigenvalue weighted by atomic mass is 35.5. The van der Waals surface area contributed by atoms with E-state index < -0.39 is 5.25 Å². The molecule has 0 fully saturated rings. The number of thioether (sulfide) groups is 1. The lowest BCUT2D eigenvalue weighted by Crippen LogP contribution is -2.24. The molecule has 1 amide bonds. The number of rotatable bonds is 7. The second-order valence-electron chi connectivity index (χ2n) is 5.74. The highest BCUT2D eigenvalue weighted by molar-refractivity contribution is 8.00. The molecule has 0 bridgehead atoms. The van der Waals surface area contributed by atoms with Gasteiger partial charge in [0.1, 0.15) is 11.6 Å². The number of carbonyl (C=O) groups excluding carboxylic acids is 1. The number of aromatic nitrogens is 4. The van der Waals surface area contributed by atoms with Crippen molar-refractivity contribution in [3.63, 3.8) is 0 Å². The summed E-state index contributed by atoms with van der Waals surface area (Å²) in [6.45, 7) is 4.27. The molecular formula is C18H19ClN6O2S. The van der Waals surface area contributed by atoms with Crippen molar-refractivity contribution in [1.82, 2.24) is 19.9 Å². The molecule has 0 spiro atoms. The van der Waals surface area contributed by atoms with Crippen molar-refractivity contribution >= 4 is 35.1 Å². The lowest BCUT2D eigenvalue weighted by Gasteiger charge is -2.11. The number of hydrogen-bond donors (Lipinski definition) is 2. The summed E-state index contributed by atoms with van der Waals surface area (Å²) < 4.78 is 6.80. The minimum atomic E-state index is -0.461. The molecule has 0 unspecified atom stereocenters. The predicted molar refractivity (Wildman–Crippen MR) is 110 cm³/mol. The van der Waals surface area contributed by atoms with Gasteiger partial charge in [0.2, 0.25) is 11.1 Å². The van der Waals surface area contributed by atoms with Crippen LogP contribution in [0.3, 0.4) is 0 Å². The van der Waals surface area contributed by atoms with Gasteiger partial charge in [0.15, 0.2) is 5.82 Å². The van der Waals surface area contributed by atoms with E-state index in [1.54, 1.807) is 19.1 Å². The smallest absolute Gasteiger partial charge is 0.238 e. The van der Waals surface area contributed by atoms with Crippen LogP contribution in [0.4, 0.5) is 5.82 Å². The highest BCUT2D eigenvalue weighted by Gasteiger charge is 2.20. The van der Waals surface area contributed by atoms with E-state index in [1.807, 2.05) is 31.2 Å². The topological polar surface area (TPSA) is 108 Å². The molecule has 10 heteroatoms. The number of anilines is 1. The first-order valence-corrected chi connectivity index (χ1v) is 9.76. The van der Waals surface area contributed by atoms with Crippen molar-refractivity contribution in [2.45, 2.75) is 24.3 Å². The third-order valence-electron chi connectivity index (χ3n) is 3.72. The van der Waals surface area contributed by atoms with Gasteiger partial charge in [0.25, 0.3) is 0 Å². The average Bonchev–Trinajstić information content (AvgIpc) is 3.05. The molecule has 3 rings (SSSR count). The molecule has 8 nitrogen and oxygen atoms in total. The molecule has 146 valence electrons. The average molecular weight is 419 g/mol. The van der Waals surface area contributed by atoms with E-state index in [0.717, 1.165) is 11.3 Å².